The molecule has 0 saturated carbocycles. The molecule has 2 aromatic heterocycles. The number of carbonyl (C=O) groups excluding carboxylic acids is 1. The summed E-state index contributed by atoms with van der Waals surface area (Å²) in [5.41, 5.74) is 0.997. The molecule has 1 aliphatic heterocycles. The summed E-state index contributed by atoms with van der Waals surface area (Å²) in [7, 11) is -0.961. The number of fused-ring (bicyclic) bond motifs is 1. The highest BCUT2D eigenvalue weighted by molar-refractivity contribution is 7.85. The van der Waals surface area contributed by atoms with Gasteiger partial charge in [0.15, 0.2) is 0 Å². The molecular formula is C20H21N3O2S2. The highest BCUT2D eigenvalue weighted by Crippen LogP contribution is 2.24. The van der Waals surface area contributed by atoms with E-state index >= 15 is 0 Å². The van der Waals surface area contributed by atoms with Crippen molar-refractivity contribution in [2.24, 2.45) is 0 Å². The molecule has 5 nitrogen and oxygen atoms in total. The number of piperidine rings is 1. The third-order valence-corrected chi connectivity index (χ3v) is 7.64. The molecule has 1 fully saturated rings. The quantitative estimate of drug-likeness (QED) is 0.692. The van der Waals surface area contributed by atoms with Gasteiger partial charge in [-0.05, 0) is 61.1 Å². The SMILES string of the molecule is O=C(NCc1ccc(S(=O)C2CCNCC2)cc1)c1cc2ccncc2s1. The molecule has 0 aliphatic carbocycles. The van der Waals surface area contributed by atoms with E-state index in [-0.39, 0.29) is 11.2 Å². The van der Waals surface area contributed by atoms with Crippen molar-refractivity contribution < 1.29 is 9.00 Å². The zero-order valence-electron chi connectivity index (χ0n) is 14.8. The lowest BCUT2D eigenvalue weighted by Crippen LogP contribution is -2.33. The van der Waals surface area contributed by atoms with E-state index in [0.717, 1.165) is 46.5 Å². The van der Waals surface area contributed by atoms with Crippen molar-refractivity contribution in [3.05, 3.63) is 59.2 Å². The number of pyridine rings is 1. The summed E-state index contributed by atoms with van der Waals surface area (Å²) in [5, 5.41) is 7.53. The Bertz CT molecular complexity index is 930. The Balaban J connectivity index is 1.36. The van der Waals surface area contributed by atoms with Crippen molar-refractivity contribution in [1.29, 1.82) is 0 Å². The smallest absolute Gasteiger partial charge is 0.261 e. The van der Waals surface area contributed by atoms with Gasteiger partial charge < -0.3 is 10.6 Å². The first-order valence-corrected chi connectivity index (χ1v) is 11.1. The molecule has 27 heavy (non-hydrogen) atoms. The summed E-state index contributed by atoms with van der Waals surface area (Å²) in [6, 6.07) is 11.5. The Labute approximate surface area is 164 Å². The van der Waals surface area contributed by atoms with Crippen molar-refractivity contribution >= 4 is 38.1 Å². The lowest BCUT2D eigenvalue weighted by atomic mass is 10.2. The van der Waals surface area contributed by atoms with E-state index in [9.17, 15) is 9.00 Å². The van der Waals surface area contributed by atoms with Crippen LogP contribution in [0.15, 0.2) is 53.7 Å². The van der Waals surface area contributed by atoms with Gasteiger partial charge in [0.05, 0.1) is 20.4 Å². The van der Waals surface area contributed by atoms with Crippen LogP contribution in [0.4, 0.5) is 0 Å². The maximum Gasteiger partial charge on any atom is 0.261 e. The van der Waals surface area contributed by atoms with Crippen LogP contribution in [0.2, 0.25) is 0 Å². The number of thiophene rings is 1. The van der Waals surface area contributed by atoms with E-state index in [4.69, 9.17) is 0 Å². The van der Waals surface area contributed by atoms with Crippen molar-refractivity contribution in [3.8, 4) is 0 Å². The molecule has 1 atom stereocenters. The fourth-order valence-electron chi connectivity index (χ4n) is 3.21. The van der Waals surface area contributed by atoms with Gasteiger partial charge in [-0.1, -0.05) is 12.1 Å². The minimum absolute atomic E-state index is 0.0847. The van der Waals surface area contributed by atoms with E-state index in [2.05, 4.69) is 15.6 Å². The topological polar surface area (TPSA) is 71.1 Å². The third-order valence-electron chi connectivity index (χ3n) is 4.74. The molecule has 1 aliphatic rings. The largest absolute Gasteiger partial charge is 0.347 e. The molecule has 1 saturated heterocycles. The molecule has 1 amide bonds. The second kappa shape index (κ2) is 8.29. The Morgan fingerprint density at radius 1 is 1.22 bits per heavy atom. The summed E-state index contributed by atoms with van der Waals surface area (Å²) in [6.07, 6.45) is 5.41. The first kappa shape index (κ1) is 18.3. The van der Waals surface area contributed by atoms with Crippen LogP contribution in [-0.4, -0.2) is 33.4 Å². The number of nitrogens with one attached hydrogen (secondary N) is 2. The van der Waals surface area contributed by atoms with E-state index in [0.29, 0.717) is 11.4 Å². The number of nitrogens with zero attached hydrogens (tertiary/aromatic N) is 1. The van der Waals surface area contributed by atoms with Gasteiger partial charge in [0.1, 0.15) is 0 Å². The van der Waals surface area contributed by atoms with Crippen LogP contribution in [0.1, 0.15) is 28.1 Å². The van der Waals surface area contributed by atoms with E-state index in [1.165, 1.54) is 11.3 Å². The van der Waals surface area contributed by atoms with Crippen LogP contribution in [-0.2, 0) is 17.3 Å². The molecule has 1 unspecified atom stereocenters. The van der Waals surface area contributed by atoms with Crippen LogP contribution >= 0.6 is 11.3 Å². The van der Waals surface area contributed by atoms with Gasteiger partial charge in [0, 0.05) is 29.1 Å². The van der Waals surface area contributed by atoms with Crippen molar-refractivity contribution in [2.45, 2.75) is 29.5 Å². The number of benzene rings is 1. The highest BCUT2D eigenvalue weighted by Gasteiger charge is 2.20. The number of carbonyl (C=O) groups is 1. The standard InChI is InChI=1S/C20H21N3O2S2/c24-20(18-11-15-5-8-22-13-19(15)26-18)23-12-14-1-3-16(4-2-14)27(25)17-6-9-21-10-7-17/h1-5,8,11,13,17,21H,6-7,9-10,12H2,(H,23,24). The fraction of sp³-hybridized carbons (Fsp3) is 0.300. The van der Waals surface area contributed by atoms with Gasteiger partial charge >= 0.3 is 0 Å². The number of aromatic nitrogens is 1. The predicted octanol–water partition coefficient (Wildman–Crippen LogP) is 3.09. The lowest BCUT2D eigenvalue weighted by Gasteiger charge is -2.22. The van der Waals surface area contributed by atoms with Crippen molar-refractivity contribution in [2.75, 3.05) is 13.1 Å². The van der Waals surface area contributed by atoms with Gasteiger partial charge in [0.2, 0.25) is 0 Å². The van der Waals surface area contributed by atoms with Gasteiger partial charge in [-0.15, -0.1) is 11.3 Å². The summed E-state index contributed by atoms with van der Waals surface area (Å²) in [6.45, 7) is 2.33. The zero-order chi connectivity index (χ0) is 18.6. The molecule has 0 radical (unpaired) electrons. The molecule has 4 rings (SSSR count). The number of hydrogen-bond donors (Lipinski definition) is 2. The van der Waals surface area contributed by atoms with Crippen molar-refractivity contribution in [3.63, 3.8) is 0 Å². The van der Waals surface area contributed by atoms with Gasteiger partial charge in [-0.25, -0.2) is 0 Å². The summed E-state index contributed by atoms with van der Waals surface area (Å²) in [4.78, 5) is 18.0. The van der Waals surface area contributed by atoms with Gasteiger partial charge in [0.25, 0.3) is 5.91 Å². The fourth-order valence-corrected chi connectivity index (χ4v) is 5.61. The average molecular weight is 400 g/mol. The molecule has 0 bridgehead atoms. The molecule has 7 heteroatoms. The minimum atomic E-state index is -0.961. The normalized spacial score (nSPS) is 16.3. The number of rotatable bonds is 5. The predicted molar refractivity (Wildman–Crippen MR) is 110 cm³/mol. The first-order valence-electron chi connectivity index (χ1n) is 9.03. The zero-order valence-corrected chi connectivity index (χ0v) is 16.4. The van der Waals surface area contributed by atoms with Gasteiger partial charge in [-0.3, -0.25) is 14.0 Å². The van der Waals surface area contributed by atoms with Crippen LogP contribution in [0.3, 0.4) is 0 Å². The van der Waals surface area contributed by atoms with Crippen LogP contribution < -0.4 is 10.6 Å². The third kappa shape index (κ3) is 4.26. The van der Waals surface area contributed by atoms with E-state index < -0.39 is 10.8 Å². The summed E-state index contributed by atoms with van der Waals surface area (Å²) >= 11 is 1.44. The maximum atomic E-state index is 12.7. The molecule has 0 spiro atoms. The summed E-state index contributed by atoms with van der Waals surface area (Å²) < 4.78 is 13.7. The Morgan fingerprint density at radius 3 is 2.74 bits per heavy atom. The second-order valence-corrected chi connectivity index (χ2v) is 9.41. The van der Waals surface area contributed by atoms with Crippen LogP contribution in [0, 0.1) is 0 Å². The Morgan fingerprint density at radius 2 is 2.00 bits per heavy atom. The number of hydrogen-bond acceptors (Lipinski definition) is 5. The first-order chi connectivity index (χ1) is 13.2. The number of amides is 1. The monoisotopic (exact) mass is 399 g/mol. The van der Waals surface area contributed by atoms with E-state index in [1.807, 2.05) is 36.4 Å². The second-order valence-electron chi connectivity index (χ2n) is 6.60. The van der Waals surface area contributed by atoms with Crippen LogP contribution in [0.5, 0.6) is 0 Å². The van der Waals surface area contributed by atoms with Gasteiger partial charge in [-0.2, -0.15) is 0 Å². The Hall–Kier alpha value is -2.09. The lowest BCUT2D eigenvalue weighted by molar-refractivity contribution is 0.0955. The molecule has 140 valence electrons. The molecule has 3 heterocycles. The van der Waals surface area contributed by atoms with Crippen LogP contribution in [0.25, 0.3) is 10.1 Å². The summed E-state index contributed by atoms with van der Waals surface area (Å²) in [5.74, 6) is -0.0847. The van der Waals surface area contributed by atoms with E-state index in [1.54, 1.807) is 12.4 Å². The molecule has 3 aromatic rings. The minimum Gasteiger partial charge on any atom is -0.347 e. The average Bonchev–Trinajstić information content (AvgIpc) is 3.17. The molecular weight excluding hydrogens is 378 g/mol. The van der Waals surface area contributed by atoms with Crippen molar-refractivity contribution in [1.82, 2.24) is 15.6 Å². The highest BCUT2D eigenvalue weighted by atomic mass is 32.2. The maximum absolute atomic E-state index is 12.7. The Kier molecular flexibility index (Phi) is 5.61. The molecule has 2 N–H and O–H groups in total. The molecule has 1 aromatic carbocycles.